The van der Waals surface area contributed by atoms with Crippen molar-refractivity contribution in [2.24, 2.45) is 5.92 Å². The van der Waals surface area contributed by atoms with Gasteiger partial charge >= 0.3 is 0 Å². The second kappa shape index (κ2) is 19.9. The first-order chi connectivity index (χ1) is 21.7. The van der Waals surface area contributed by atoms with Gasteiger partial charge in [0.2, 0.25) is 5.79 Å². The zero-order valence-electron chi connectivity index (χ0n) is 26.3. The van der Waals surface area contributed by atoms with Gasteiger partial charge in [-0.2, -0.15) is 0 Å². The van der Waals surface area contributed by atoms with E-state index in [2.05, 4.69) is 52.6 Å². The number of hydrogen-bond donors (Lipinski definition) is 3. The maximum absolute atomic E-state index is 11.1. The summed E-state index contributed by atoms with van der Waals surface area (Å²) in [5.41, 5.74) is 0. The molecule has 0 saturated carbocycles. The van der Waals surface area contributed by atoms with Crippen LogP contribution in [0, 0.1) is 5.92 Å². The van der Waals surface area contributed by atoms with E-state index in [4.69, 9.17) is 33.2 Å². The van der Waals surface area contributed by atoms with Crippen LogP contribution in [0.5, 0.6) is 0 Å². The van der Waals surface area contributed by atoms with Gasteiger partial charge in [-0.05, 0) is 6.42 Å². The highest BCUT2D eigenvalue weighted by Gasteiger charge is 2.62. The third kappa shape index (κ3) is 10.0. The Morgan fingerprint density at radius 3 is 1.76 bits per heavy atom. The highest BCUT2D eigenvalue weighted by molar-refractivity contribution is 5.07. The first kappa shape index (κ1) is 38.7. The average Bonchev–Trinajstić information content (AvgIpc) is 3.35. The maximum atomic E-state index is 11.1. The molecule has 2 aliphatic rings. The number of aliphatic hydroxyl groups is 3. The summed E-state index contributed by atoms with van der Waals surface area (Å²) < 4.78 is 44.8. The van der Waals surface area contributed by atoms with E-state index in [-0.39, 0.29) is 39.3 Å². The first-order valence-electron chi connectivity index (χ1n) is 15.2. The molecule has 3 unspecified atom stereocenters. The van der Waals surface area contributed by atoms with Gasteiger partial charge < -0.3 is 48.5 Å². The molecule has 45 heavy (non-hydrogen) atoms. The molecule has 10 nitrogen and oxygen atoms in total. The number of aliphatic hydroxyl groups excluding tert-OH is 3. The minimum atomic E-state index is -1.58. The van der Waals surface area contributed by atoms with Crippen molar-refractivity contribution in [3.05, 3.63) is 101 Å². The number of allylic oxidation sites excluding steroid dienone is 1. The standard InChI is InChI=1S/C35H52O10/c1-9-17-18-35(33(42-22-13-5)31(40-20-11-3)29(44-35)26(38)16-8)45-34-32(41-21-12-4)30(39-19-10-2)28(25(37)15-7)27(43-34)23-24(36)14-6/h9-16,24-34,36-38H,1-8,17-23H2/t24?,25?,26?,27-,28-,29-,30+,31-,32-,33+,34-,35+/m1/s1. The second-order valence-electron chi connectivity index (χ2n) is 10.8. The molecule has 12 atom stereocenters. The topological polar surface area (TPSA) is 125 Å². The van der Waals surface area contributed by atoms with Crippen molar-refractivity contribution in [1.29, 1.82) is 0 Å². The average molecular weight is 633 g/mol. The lowest BCUT2D eigenvalue weighted by Gasteiger charge is -2.49. The molecule has 2 saturated heterocycles. The smallest absolute Gasteiger partial charge is 0.201 e. The summed E-state index contributed by atoms with van der Waals surface area (Å²) >= 11 is 0. The van der Waals surface area contributed by atoms with Crippen molar-refractivity contribution >= 4 is 0 Å². The van der Waals surface area contributed by atoms with E-state index in [9.17, 15) is 15.3 Å². The lowest BCUT2D eigenvalue weighted by molar-refractivity contribution is -0.385. The molecule has 252 valence electrons. The molecule has 0 amide bonds. The molecule has 2 aliphatic heterocycles. The molecule has 0 spiro atoms. The van der Waals surface area contributed by atoms with E-state index in [0.717, 1.165) is 0 Å². The Hall–Kier alpha value is -2.48. The van der Waals surface area contributed by atoms with Crippen molar-refractivity contribution in [2.75, 3.05) is 26.4 Å². The SMILES string of the molecule is C=CCC[C@@]1(O[C@H]2O[C@H](CC(O)C=C)[C@@H](C(O)C=C)[C@H](OCC=C)[C@H]2OCC=C)O[C@H](C(O)C=C)[C@@H](OCC=C)[C@@H]1OCC=C. The quantitative estimate of drug-likeness (QED) is 0.136. The minimum absolute atomic E-state index is 0.0564. The van der Waals surface area contributed by atoms with Gasteiger partial charge in [-0.15, -0.1) is 52.6 Å². The Morgan fingerprint density at radius 2 is 1.22 bits per heavy atom. The van der Waals surface area contributed by atoms with Crippen LogP contribution in [0.4, 0.5) is 0 Å². The van der Waals surface area contributed by atoms with Crippen LogP contribution in [-0.4, -0.2) is 109 Å². The Bertz CT molecular complexity index is 983. The van der Waals surface area contributed by atoms with Gasteiger partial charge in [-0.25, -0.2) is 0 Å². The fraction of sp³-hybridized carbons (Fsp3) is 0.543. The Balaban J connectivity index is 2.74. The van der Waals surface area contributed by atoms with Crippen molar-refractivity contribution in [3.63, 3.8) is 0 Å². The zero-order chi connectivity index (χ0) is 33.4. The summed E-state index contributed by atoms with van der Waals surface area (Å²) in [7, 11) is 0. The normalized spacial score (nSPS) is 33.3. The third-order valence-electron chi connectivity index (χ3n) is 7.69. The molecular formula is C35H52O10. The van der Waals surface area contributed by atoms with E-state index in [1.54, 1.807) is 30.4 Å². The van der Waals surface area contributed by atoms with Crippen LogP contribution in [0.15, 0.2) is 101 Å². The van der Waals surface area contributed by atoms with Gasteiger partial charge in [0.15, 0.2) is 6.29 Å². The zero-order valence-corrected chi connectivity index (χ0v) is 26.3. The minimum Gasteiger partial charge on any atom is -0.389 e. The molecular weight excluding hydrogens is 580 g/mol. The van der Waals surface area contributed by atoms with Crippen LogP contribution in [-0.2, 0) is 33.2 Å². The van der Waals surface area contributed by atoms with E-state index >= 15 is 0 Å². The highest BCUT2D eigenvalue weighted by Crippen LogP contribution is 2.45. The fourth-order valence-corrected chi connectivity index (χ4v) is 5.67. The van der Waals surface area contributed by atoms with Crippen molar-refractivity contribution < 1.29 is 48.5 Å². The van der Waals surface area contributed by atoms with Crippen molar-refractivity contribution in [1.82, 2.24) is 0 Å². The number of rotatable bonds is 24. The fourth-order valence-electron chi connectivity index (χ4n) is 5.67. The molecule has 2 fully saturated rings. The lowest BCUT2D eigenvalue weighted by Crippen LogP contribution is -2.63. The van der Waals surface area contributed by atoms with Gasteiger partial charge in [-0.3, -0.25) is 0 Å². The monoisotopic (exact) mass is 632 g/mol. The van der Waals surface area contributed by atoms with Gasteiger partial charge in [0.05, 0.1) is 50.8 Å². The van der Waals surface area contributed by atoms with E-state index in [0.29, 0.717) is 6.42 Å². The molecule has 2 rings (SSSR count). The maximum Gasteiger partial charge on any atom is 0.201 e. The highest BCUT2D eigenvalue weighted by atomic mass is 16.8. The van der Waals surface area contributed by atoms with Gasteiger partial charge in [0.25, 0.3) is 0 Å². The van der Waals surface area contributed by atoms with Crippen LogP contribution in [0.3, 0.4) is 0 Å². The van der Waals surface area contributed by atoms with E-state index in [1.807, 2.05) is 0 Å². The molecule has 0 aromatic rings. The molecule has 2 heterocycles. The summed E-state index contributed by atoms with van der Waals surface area (Å²) in [6, 6.07) is 0. The van der Waals surface area contributed by atoms with Crippen LogP contribution in [0.2, 0.25) is 0 Å². The molecule has 10 heteroatoms. The third-order valence-corrected chi connectivity index (χ3v) is 7.69. The van der Waals surface area contributed by atoms with Crippen LogP contribution >= 0.6 is 0 Å². The molecule has 0 aromatic heterocycles. The Kier molecular flexibility index (Phi) is 17.1. The van der Waals surface area contributed by atoms with Crippen LogP contribution in [0.25, 0.3) is 0 Å². The summed E-state index contributed by atoms with van der Waals surface area (Å²) in [4.78, 5) is 0. The van der Waals surface area contributed by atoms with Gasteiger partial charge in [0.1, 0.15) is 30.5 Å². The molecule has 0 aliphatic carbocycles. The number of ether oxygens (including phenoxy) is 7. The summed E-state index contributed by atoms with van der Waals surface area (Å²) in [6.45, 7) is 30.6. The van der Waals surface area contributed by atoms with Crippen LogP contribution in [0.1, 0.15) is 19.3 Å². The molecule has 0 bridgehead atoms. The largest absolute Gasteiger partial charge is 0.389 e. The Labute approximate surface area is 268 Å². The first-order valence-corrected chi connectivity index (χ1v) is 15.2. The summed E-state index contributed by atoms with van der Waals surface area (Å²) in [5, 5.41) is 32.7. The second-order valence-corrected chi connectivity index (χ2v) is 10.8. The van der Waals surface area contributed by atoms with Crippen molar-refractivity contribution in [2.45, 2.75) is 86.3 Å². The van der Waals surface area contributed by atoms with E-state index < -0.39 is 72.9 Å². The summed E-state index contributed by atoms with van der Waals surface area (Å²) in [6.07, 6.45) is 3.17. The molecule has 0 radical (unpaired) electrons. The predicted octanol–water partition coefficient (Wildman–Crippen LogP) is 3.72. The Morgan fingerprint density at radius 1 is 0.667 bits per heavy atom. The number of hydrogen-bond acceptors (Lipinski definition) is 10. The van der Waals surface area contributed by atoms with Gasteiger partial charge in [0, 0.05) is 18.8 Å². The van der Waals surface area contributed by atoms with E-state index in [1.165, 1.54) is 18.2 Å². The molecule has 3 N–H and O–H groups in total. The predicted molar refractivity (Wildman–Crippen MR) is 173 cm³/mol. The molecule has 0 aromatic carbocycles. The lowest BCUT2D eigenvalue weighted by atomic mass is 9.81. The van der Waals surface area contributed by atoms with Crippen LogP contribution < -0.4 is 0 Å². The van der Waals surface area contributed by atoms with Crippen molar-refractivity contribution in [3.8, 4) is 0 Å². The van der Waals surface area contributed by atoms with Gasteiger partial charge in [-0.1, -0.05) is 48.6 Å². The summed E-state index contributed by atoms with van der Waals surface area (Å²) in [5.74, 6) is -2.31.